The fraction of sp³-hybridized carbons (Fsp3) is 0.786. The normalized spacial score (nSPS) is 12.9. The summed E-state index contributed by atoms with van der Waals surface area (Å²) in [7, 11) is 0. The molecule has 1 aromatic rings. The highest BCUT2D eigenvalue weighted by atomic mass is 15.1. The van der Waals surface area contributed by atoms with Crippen LogP contribution in [0.15, 0.2) is 12.4 Å². The van der Waals surface area contributed by atoms with E-state index in [1.54, 1.807) is 0 Å². The summed E-state index contributed by atoms with van der Waals surface area (Å²) < 4.78 is 2.19. The lowest BCUT2D eigenvalue weighted by atomic mass is 10.1. The maximum Gasteiger partial charge on any atom is 0.125 e. The van der Waals surface area contributed by atoms with E-state index in [-0.39, 0.29) is 6.04 Å². The van der Waals surface area contributed by atoms with E-state index in [2.05, 4.69) is 23.4 Å². The van der Waals surface area contributed by atoms with Gasteiger partial charge < -0.3 is 10.3 Å². The molecule has 0 fully saturated rings. The van der Waals surface area contributed by atoms with Gasteiger partial charge in [0.15, 0.2) is 0 Å². The van der Waals surface area contributed by atoms with Crippen molar-refractivity contribution < 1.29 is 0 Å². The summed E-state index contributed by atoms with van der Waals surface area (Å²) in [6.07, 6.45) is 12.6. The molecule has 1 heterocycles. The largest absolute Gasteiger partial charge is 0.334 e. The molecule has 17 heavy (non-hydrogen) atoms. The predicted octanol–water partition coefficient (Wildman–Crippen LogP) is 3.65. The molecule has 1 aromatic heterocycles. The van der Waals surface area contributed by atoms with Gasteiger partial charge in [-0.1, -0.05) is 46.0 Å². The Hall–Kier alpha value is -0.830. The molecule has 1 atom stereocenters. The minimum atomic E-state index is 0.109. The fourth-order valence-corrected chi connectivity index (χ4v) is 2.18. The molecule has 1 unspecified atom stereocenters. The first-order valence-electron chi connectivity index (χ1n) is 7.06. The quantitative estimate of drug-likeness (QED) is 0.666. The van der Waals surface area contributed by atoms with Gasteiger partial charge in [-0.05, 0) is 12.8 Å². The smallest absolute Gasteiger partial charge is 0.125 e. The molecule has 0 aliphatic carbocycles. The maximum absolute atomic E-state index is 6.20. The minimum absolute atomic E-state index is 0.109. The summed E-state index contributed by atoms with van der Waals surface area (Å²) in [6, 6.07) is 0.109. The third-order valence-electron chi connectivity index (χ3n) is 3.16. The molecule has 3 nitrogen and oxygen atoms in total. The average molecular weight is 237 g/mol. The van der Waals surface area contributed by atoms with Crippen LogP contribution in [0.3, 0.4) is 0 Å². The summed E-state index contributed by atoms with van der Waals surface area (Å²) in [5.74, 6) is 1.06. The standard InChI is InChI=1S/C14H27N3/c1-3-5-6-7-8-9-13(15)14-16-10-12-17(14)11-4-2/h10,12-13H,3-9,11,15H2,1-2H3. The number of aromatic nitrogens is 2. The van der Waals surface area contributed by atoms with E-state index < -0.39 is 0 Å². The number of hydrogen-bond donors (Lipinski definition) is 1. The van der Waals surface area contributed by atoms with Crippen LogP contribution in [-0.4, -0.2) is 9.55 Å². The lowest BCUT2D eigenvalue weighted by Crippen LogP contribution is -2.16. The van der Waals surface area contributed by atoms with Crippen molar-refractivity contribution in [2.24, 2.45) is 5.73 Å². The molecule has 0 aliphatic heterocycles. The lowest BCUT2D eigenvalue weighted by molar-refractivity contribution is 0.511. The van der Waals surface area contributed by atoms with Gasteiger partial charge in [0.1, 0.15) is 5.82 Å². The van der Waals surface area contributed by atoms with Gasteiger partial charge in [0.2, 0.25) is 0 Å². The van der Waals surface area contributed by atoms with Gasteiger partial charge in [-0.25, -0.2) is 4.98 Å². The molecular weight excluding hydrogens is 210 g/mol. The van der Waals surface area contributed by atoms with Crippen LogP contribution in [-0.2, 0) is 6.54 Å². The minimum Gasteiger partial charge on any atom is -0.334 e. The maximum atomic E-state index is 6.20. The molecule has 1 rings (SSSR count). The van der Waals surface area contributed by atoms with Gasteiger partial charge in [0, 0.05) is 18.9 Å². The van der Waals surface area contributed by atoms with Crippen LogP contribution >= 0.6 is 0 Å². The predicted molar refractivity (Wildman–Crippen MR) is 72.8 cm³/mol. The van der Waals surface area contributed by atoms with Crippen LogP contribution in [0.1, 0.15) is 70.7 Å². The van der Waals surface area contributed by atoms with Crippen LogP contribution in [0, 0.1) is 0 Å². The van der Waals surface area contributed by atoms with Gasteiger partial charge in [-0.3, -0.25) is 0 Å². The molecule has 0 aliphatic rings. The number of aryl methyl sites for hydroxylation is 1. The van der Waals surface area contributed by atoms with E-state index in [1.807, 2.05) is 12.4 Å². The van der Waals surface area contributed by atoms with Crippen LogP contribution in [0.5, 0.6) is 0 Å². The molecular formula is C14H27N3. The van der Waals surface area contributed by atoms with E-state index in [1.165, 1.54) is 32.1 Å². The average Bonchev–Trinajstić information content (AvgIpc) is 2.77. The molecule has 3 heteroatoms. The summed E-state index contributed by atoms with van der Waals surface area (Å²) in [6.45, 7) is 5.45. The van der Waals surface area contributed by atoms with Gasteiger partial charge in [-0.2, -0.15) is 0 Å². The van der Waals surface area contributed by atoms with E-state index in [0.29, 0.717) is 0 Å². The molecule has 0 saturated heterocycles. The molecule has 0 saturated carbocycles. The Labute approximate surface area is 105 Å². The third kappa shape index (κ3) is 4.90. The molecule has 0 radical (unpaired) electrons. The van der Waals surface area contributed by atoms with Gasteiger partial charge in [0.05, 0.1) is 6.04 Å². The van der Waals surface area contributed by atoms with Crippen molar-refractivity contribution >= 4 is 0 Å². The Balaban J connectivity index is 2.30. The zero-order chi connectivity index (χ0) is 12.5. The number of hydrogen-bond acceptors (Lipinski definition) is 2. The molecule has 0 aromatic carbocycles. The summed E-state index contributed by atoms with van der Waals surface area (Å²) in [4.78, 5) is 4.39. The van der Waals surface area contributed by atoms with Crippen molar-refractivity contribution in [3.8, 4) is 0 Å². The number of nitrogens with two attached hydrogens (primary N) is 1. The summed E-state index contributed by atoms with van der Waals surface area (Å²) in [5, 5.41) is 0. The first-order valence-corrected chi connectivity index (χ1v) is 7.06. The number of rotatable bonds is 9. The van der Waals surface area contributed by atoms with E-state index in [9.17, 15) is 0 Å². The molecule has 0 bridgehead atoms. The zero-order valence-corrected chi connectivity index (χ0v) is 11.4. The molecule has 2 N–H and O–H groups in total. The van der Waals surface area contributed by atoms with Crippen molar-refractivity contribution in [1.29, 1.82) is 0 Å². The number of nitrogens with zero attached hydrogens (tertiary/aromatic N) is 2. The van der Waals surface area contributed by atoms with E-state index in [0.717, 1.165) is 25.2 Å². The number of unbranched alkanes of at least 4 members (excludes halogenated alkanes) is 4. The highest BCUT2D eigenvalue weighted by Gasteiger charge is 2.11. The fourth-order valence-electron chi connectivity index (χ4n) is 2.18. The Morgan fingerprint density at radius 1 is 1.18 bits per heavy atom. The third-order valence-corrected chi connectivity index (χ3v) is 3.16. The van der Waals surface area contributed by atoms with Crippen LogP contribution in [0.4, 0.5) is 0 Å². The molecule has 0 amide bonds. The van der Waals surface area contributed by atoms with Crippen LogP contribution in [0.2, 0.25) is 0 Å². The van der Waals surface area contributed by atoms with Crippen molar-refractivity contribution in [3.05, 3.63) is 18.2 Å². The SMILES string of the molecule is CCCCCCCC(N)c1nccn1CCC. The van der Waals surface area contributed by atoms with Crippen LogP contribution in [0.25, 0.3) is 0 Å². The summed E-state index contributed by atoms with van der Waals surface area (Å²) >= 11 is 0. The lowest BCUT2D eigenvalue weighted by Gasteiger charge is -2.13. The second-order valence-corrected chi connectivity index (χ2v) is 4.79. The monoisotopic (exact) mass is 237 g/mol. The van der Waals surface area contributed by atoms with E-state index >= 15 is 0 Å². The highest BCUT2D eigenvalue weighted by Crippen LogP contribution is 2.16. The highest BCUT2D eigenvalue weighted by molar-refractivity contribution is 4.98. The Morgan fingerprint density at radius 3 is 2.65 bits per heavy atom. The molecule has 98 valence electrons. The van der Waals surface area contributed by atoms with Crippen molar-refractivity contribution in [2.45, 2.75) is 71.4 Å². The van der Waals surface area contributed by atoms with Crippen molar-refractivity contribution in [1.82, 2.24) is 9.55 Å². The topological polar surface area (TPSA) is 43.8 Å². The Kier molecular flexibility index (Phi) is 6.94. The molecule has 0 spiro atoms. The van der Waals surface area contributed by atoms with Crippen molar-refractivity contribution in [2.75, 3.05) is 0 Å². The summed E-state index contributed by atoms with van der Waals surface area (Å²) in [5.41, 5.74) is 6.20. The second kappa shape index (κ2) is 8.29. The van der Waals surface area contributed by atoms with Crippen molar-refractivity contribution in [3.63, 3.8) is 0 Å². The van der Waals surface area contributed by atoms with Crippen LogP contribution < -0.4 is 5.73 Å². The second-order valence-electron chi connectivity index (χ2n) is 4.79. The Bertz CT molecular complexity index is 293. The van der Waals surface area contributed by atoms with Gasteiger partial charge in [-0.15, -0.1) is 0 Å². The van der Waals surface area contributed by atoms with E-state index in [4.69, 9.17) is 5.73 Å². The Morgan fingerprint density at radius 2 is 1.94 bits per heavy atom. The van der Waals surface area contributed by atoms with Gasteiger partial charge in [0.25, 0.3) is 0 Å². The first kappa shape index (κ1) is 14.2. The van der Waals surface area contributed by atoms with Gasteiger partial charge >= 0.3 is 0 Å². The number of imidazole rings is 1. The first-order chi connectivity index (χ1) is 8.29. The zero-order valence-electron chi connectivity index (χ0n) is 11.4.